The van der Waals surface area contributed by atoms with E-state index < -0.39 is 44.6 Å². The molecule has 1 aromatic heterocycles. The van der Waals surface area contributed by atoms with Crippen molar-refractivity contribution in [1.29, 1.82) is 0 Å². The molecule has 2 aromatic rings. The van der Waals surface area contributed by atoms with Crippen molar-refractivity contribution in [3.63, 3.8) is 0 Å². The Hall–Kier alpha value is -1.81. The second-order valence-electron chi connectivity index (χ2n) is 13.2. The number of nitrogens with zero attached hydrogens (tertiary/aromatic N) is 4. The van der Waals surface area contributed by atoms with Crippen molar-refractivity contribution < 1.29 is 27.0 Å². The average Bonchev–Trinajstić information content (AvgIpc) is 3.42. The van der Waals surface area contributed by atoms with Gasteiger partial charge in [-0.25, -0.2) is 17.6 Å². The van der Waals surface area contributed by atoms with Crippen LogP contribution in [-0.2, 0) is 0 Å². The van der Waals surface area contributed by atoms with Gasteiger partial charge in [0.15, 0.2) is 11.6 Å². The first-order valence-corrected chi connectivity index (χ1v) is 18.7. The third-order valence-corrected chi connectivity index (χ3v) is 17.5. The molecule has 3 aliphatic heterocycles. The fourth-order valence-electron chi connectivity index (χ4n) is 7.79. The summed E-state index contributed by atoms with van der Waals surface area (Å²) in [6.07, 6.45) is -1.72. The molecule has 0 amide bonds. The first-order valence-electron chi connectivity index (χ1n) is 15.3. The second kappa shape index (κ2) is 12.8. The fourth-order valence-corrected chi connectivity index (χ4v) is 13.7. The largest absolute Gasteiger partial charge is 0.488 e. The van der Waals surface area contributed by atoms with Crippen molar-refractivity contribution in [2.24, 2.45) is 0 Å². The van der Waals surface area contributed by atoms with Crippen LogP contribution >= 0.6 is 27.5 Å². The smallest absolute Gasteiger partial charge is 0.319 e. The summed E-state index contributed by atoms with van der Waals surface area (Å²) in [5.41, 5.74) is 3.91. The van der Waals surface area contributed by atoms with Crippen LogP contribution in [0.25, 0.3) is 10.9 Å². The van der Waals surface area contributed by atoms with Crippen LogP contribution < -0.4 is 14.4 Å². The molecule has 2 fully saturated rings. The van der Waals surface area contributed by atoms with Gasteiger partial charge in [0.05, 0.1) is 21.9 Å². The van der Waals surface area contributed by atoms with Crippen LogP contribution in [0.4, 0.5) is 23.4 Å². The van der Waals surface area contributed by atoms with Gasteiger partial charge in [-0.1, -0.05) is 59.1 Å². The maximum absolute atomic E-state index is 15.8. The quantitative estimate of drug-likeness (QED) is 0.119. The molecule has 0 unspecified atom stereocenters. The molecule has 6 nitrogen and oxygen atoms in total. The van der Waals surface area contributed by atoms with Crippen molar-refractivity contribution in [3.05, 3.63) is 15.3 Å². The van der Waals surface area contributed by atoms with Crippen LogP contribution in [0, 0.1) is 17.3 Å². The number of hydrogen-bond acceptors (Lipinski definition) is 6. The lowest BCUT2D eigenvalue weighted by atomic mass is 9.95. The monoisotopic (exact) mass is 718 g/mol. The number of fused-ring (bicyclic) bond motifs is 1. The van der Waals surface area contributed by atoms with Crippen molar-refractivity contribution in [2.45, 2.75) is 102 Å². The average molecular weight is 720 g/mol. The minimum absolute atomic E-state index is 0.0203. The van der Waals surface area contributed by atoms with Crippen LogP contribution in [0.1, 0.15) is 60.8 Å². The van der Waals surface area contributed by atoms with E-state index >= 15 is 4.39 Å². The standard InChI is InChI=1S/C31H40BrClF4N4O2Si/c1-17(2)44(18(3)4,19(5)6)11-8-21-15-42-28-23-27(26(37)24(32)25(28)33)38-30(39-29(23)41(21)14-22(35)36)43-16-31-9-7-10-40(31)13-20(34)12-31/h17-22H,7,9-10,12-16H2,1-6H3/t20-,21+,31+/m1/s1. The summed E-state index contributed by atoms with van der Waals surface area (Å²) in [7, 11) is -2.24. The highest BCUT2D eigenvalue weighted by Crippen LogP contribution is 2.48. The topological polar surface area (TPSA) is 50.7 Å². The molecule has 13 heteroatoms. The number of anilines is 1. The molecular weight excluding hydrogens is 680 g/mol. The summed E-state index contributed by atoms with van der Waals surface area (Å²) < 4.78 is 70.8. The molecule has 242 valence electrons. The maximum atomic E-state index is 15.8. The Balaban J connectivity index is 1.65. The lowest BCUT2D eigenvalue weighted by Crippen LogP contribution is -2.45. The van der Waals surface area contributed by atoms with Gasteiger partial charge in [-0.15, -0.1) is 5.54 Å². The predicted molar refractivity (Wildman–Crippen MR) is 172 cm³/mol. The SMILES string of the molecule is CC(C)[Si](C#C[C@H]1COc2c(Cl)c(Br)c(F)c3nc(OC[C@@]45CCCN4C[C@H](F)C5)nc(c23)N1CC(F)F)(C(C)C)C(C)C. The molecule has 0 saturated carbocycles. The highest BCUT2D eigenvalue weighted by Gasteiger charge is 2.49. The van der Waals surface area contributed by atoms with Crippen molar-refractivity contribution in [3.8, 4) is 23.2 Å². The summed E-state index contributed by atoms with van der Waals surface area (Å²) in [6.45, 7) is 13.5. The summed E-state index contributed by atoms with van der Waals surface area (Å²) in [4.78, 5) is 12.4. The van der Waals surface area contributed by atoms with Gasteiger partial charge in [0, 0.05) is 13.0 Å². The van der Waals surface area contributed by atoms with E-state index in [-0.39, 0.29) is 51.2 Å². The Morgan fingerprint density at radius 2 is 1.84 bits per heavy atom. The van der Waals surface area contributed by atoms with Gasteiger partial charge in [-0.05, 0) is 51.9 Å². The number of ether oxygens (including phenoxy) is 2. The highest BCUT2D eigenvalue weighted by atomic mass is 79.9. The van der Waals surface area contributed by atoms with Crippen LogP contribution in [-0.4, -0.2) is 80.0 Å². The Morgan fingerprint density at radius 3 is 2.48 bits per heavy atom. The number of aromatic nitrogens is 2. The molecule has 0 N–H and O–H groups in total. The van der Waals surface area contributed by atoms with Crippen LogP contribution in [0.15, 0.2) is 4.47 Å². The summed E-state index contributed by atoms with van der Waals surface area (Å²) in [5, 5.41) is 0.0354. The zero-order valence-electron chi connectivity index (χ0n) is 26.0. The first kappa shape index (κ1) is 33.5. The predicted octanol–water partition coefficient (Wildman–Crippen LogP) is 8.19. The number of halogens is 6. The lowest BCUT2D eigenvalue weighted by Gasteiger charge is -2.38. The molecule has 2 saturated heterocycles. The van der Waals surface area contributed by atoms with Gasteiger partial charge in [0.1, 0.15) is 49.9 Å². The normalized spacial score (nSPS) is 23.9. The molecule has 0 radical (unpaired) electrons. The molecule has 0 aliphatic carbocycles. The van der Waals surface area contributed by atoms with E-state index in [0.29, 0.717) is 29.6 Å². The third kappa shape index (κ3) is 5.80. The van der Waals surface area contributed by atoms with Gasteiger partial charge >= 0.3 is 6.01 Å². The summed E-state index contributed by atoms with van der Waals surface area (Å²) in [6, 6.07) is -1.01. The molecule has 1 aromatic carbocycles. The summed E-state index contributed by atoms with van der Waals surface area (Å²) in [5.74, 6) is 2.67. The Morgan fingerprint density at radius 1 is 1.16 bits per heavy atom. The fraction of sp³-hybridized carbons (Fsp3) is 0.677. The zero-order valence-corrected chi connectivity index (χ0v) is 29.3. The maximum Gasteiger partial charge on any atom is 0.319 e. The molecule has 5 rings (SSSR count). The number of alkyl halides is 3. The van der Waals surface area contributed by atoms with Crippen molar-refractivity contribution >= 4 is 52.3 Å². The van der Waals surface area contributed by atoms with Crippen molar-refractivity contribution in [2.75, 3.05) is 37.7 Å². The van der Waals surface area contributed by atoms with Crippen LogP contribution in [0.5, 0.6) is 11.8 Å². The van der Waals surface area contributed by atoms with Crippen LogP contribution in [0.3, 0.4) is 0 Å². The van der Waals surface area contributed by atoms with E-state index in [1.165, 1.54) is 4.90 Å². The van der Waals surface area contributed by atoms with Crippen molar-refractivity contribution in [1.82, 2.24) is 14.9 Å². The zero-order chi connectivity index (χ0) is 32.1. The minimum Gasteiger partial charge on any atom is -0.488 e. The van der Waals surface area contributed by atoms with Gasteiger partial charge in [0.25, 0.3) is 6.43 Å². The van der Waals surface area contributed by atoms with E-state index in [0.717, 1.165) is 19.4 Å². The molecule has 4 heterocycles. The van der Waals surface area contributed by atoms with Gasteiger partial charge in [0.2, 0.25) is 0 Å². The van der Waals surface area contributed by atoms with E-state index in [9.17, 15) is 13.2 Å². The Bertz CT molecular complexity index is 1450. The highest BCUT2D eigenvalue weighted by molar-refractivity contribution is 9.10. The number of rotatable bonds is 8. The summed E-state index contributed by atoms with van der Waals surface area (Å²) >= 11 is 9.77. The van der Waals surface area contributed by atoms with E-state index in [1.54, 1.807) is 0 Å². The first-order chi connectivity index (χ1) is 20.7. The van der Waals surface area contributed by atoms with Crippen LogP contribution in [0.2, 0.25) is 21.6 Å². The number of benzene rings is 1. The Kier molecular flexibility index (Phi) is 9.73. The van der Waals surface area contributed by atoms with Gasteiger partial charge < -0.3 is 14.4 Å². The Labute approximate surface area is 271 Å². The lowest BCUT2D eigenvalue weighted by molar-refractivity contribution is 0.107. The molecule has 3 atom stereocenters. The van der Waals surface area contributed by atoms with E-state index in [2.05, 4.69) is 83.8 Å². The molecule has 0 bridgehead atoms. The second-order valence-corrected chi connectivity index (χ2v) is 20.0. The molecule has 0 spiro atoms. The van der Waals surface area contributed by atoms with E-state index in [1.807, 2.05) is 0 Å². The molecular formula is C31H40BrClF4N4O2Si. The molecule has 44 heavy (non-hydrogen) atoms. The third-order valence-electron chi connectivity index (χ3n) is 9.81. The molecule has 3 aliphatic rings. The minimum atomic E-state index is -2.75. The van der Waals surface area contributed by atoms with Gasteiger partial charge in [-0.3, -0.25) is 4.90 Å². The van der Waals surface area contributed by atoms with Gasteiger partial charge in [-0.2, -0.15) is 9.97 Å². The number of hydrogen-bond donors (Lipinski definition) is 0. The van der Waals surface area contributed by atoms with E-state index in [4.69, 9.17) is 21.1 Å².